The molecule has 1 heterocycles. The van der Waals surface area contributed by atoms with Crippen molar-refractivity contribution in [2.45, 2.75) is 13.3 Å². The summed E-state index contributed by atoms with van der Waals surface area (Å²) < 4.78 is 13.7. The van der Waals surface area contributed by atoms with Gasteiger partial charge in [-0.15, -0.1) is 0 Å². The smallest absolute Gasteiger partial charge is 0.183 e. The summed E-state index contributed by atoms with van der Waals surface area (Å²) in [6, 6.07) is 7.71. The van der Waals surface area contributed by atoms with Crippen molar-refractivity contribution in [1.82, 2.24) is 9.97 Å². The van der Waals surface area contributed by atoms with E-state index in [1.807, 2.05) is 24.3 Å². The van der Waals surface area contributed by atoms with Crippen LogP contribution in [0, 0.1) is 10.5 Å². The minimum Gasteiger partial charge on any atom is -0.343 e. The van der Waals surface area contributed by atoms with Gasteiger partial charge in [0.25, 0.3) is 0 Å². The summed E-state index contributed by atoms with van der Waals surface area (Å²) in [6.07, 6.45) is 2.38. The third-order valence-corrected chi connectivity index (χ3v) is 2.73. The lowest BCUT2D eigenvalue weighted by Crippen LogP contribution is -1.92. The Labute approximate surface area is 98.2 Å². The highest BCUT2D eigenvalue weighted by Crippen LogP contribution is 2.20. The number of hydrogen-bond acceptors (Lipinski definition) is 2. The van der Waals surface area contributed by atoms with Gasteiger partial charge < -0.3 is 4.98 Å². The molecule has 0 saturated carbocycles. The fourth-order valence-electron chi connectivity index (χ4n) is 1.50. The van der Waals surface area contributed by atoms with Crippen molar-refractivity contribution in [2.75, 3.05) is 0 Å². The first kappa shape index (κ1) is 11.0. The lowest BCUT2D eigenvalue weighted by Gasteiger charge is -2.04. The molecule has 0 radical (unpaired) electrons. The first-order valence-electron chi connectivity index (χ1n) is 5.05. The highest BCUT2D eigenvalue weighted by Gasteiger charge is 2.06. The fourth-order valence-corrected chi connectivity index (χ4v) is 1.65. The standard InChI is InChI=1S/C12H11FN2S/c1-2-8-3-5-9(6-4-8)11-10(13)12(16)15-7-14-11/h3-7H,2H2,1H3,(H,14,15,16). The van der Waals surface area contributed by atoms with E-state index in [1.165, 1.54) is 11.9 Å². The molecule has 16 heavy (non-hydrogen) atoms. The topological polar surface area (TPSA) is 28.7 Å². The van der Waals surface area contributed by atoms with Gasteiger partial charge in [0.05, 0.1) is 12.0 Å². The highest BCUT2D eigenvalue weighted by molar-refractivity contribution is 7.71. The summed E-state index contributed by atoms with van der Waals surface area (Å²) in [5.41, 5.74) is 2.39. The molecule has 0 atom stereocenters. The van der Waals surface area contributed by atoms with Crippen LogP contribution >= 0.6 is 12.2 Å². The van der Waals surface area contributed by atoms with Crippen molar-refractivity contribution in [2.24, 2.45) is 0 Å². The molecular weight excluding hydrogens is 223 g/mol. The molecule has 82 valence electrons. The Morgan fingerprint density at radius 3 is 2.62 bits per heavy atom. The van der Waals surface area contributed by atoms with Gasteiger partial charge in [-0.05, 0) is 12.0 Å². The molecule has 2 nitrogen and oxygen atoms in total. The van der Waals surface area contributed by atoms with Crippen molar-refractivity contribution >= 4 is 12.2 Å². The minimum absolute atomic E-state index is 0.00619. The molecule has 4 heteroatoms. The molecule has 0 spiro atoms. The van der Waals surface area contributed by atoms with Gasteiger partial charge in [-0.25, -0.2) is 9.37 Å². The van der Waals surface area contributed by atoms with Crippen LogP contribution in [0.4, 0.5) is 4.39 Å². The Kier molecular flexibility index (Phi) is 3.10. The molecule has 0 unspecified atom stereocenters. The molecule has 2 rings (SSSR count). The number of nitrogens with one attached hydrogen (secondary N) is 1. The average molecular weight is 234 g/mol. The highest BCUT2D eigenvalue weighted by atomic mass is 32.1. The number of aromatic amines is 1. The Bertz CT molecular complexity index is 546. The number of nitrogens with zero attached hydrogens (tertiary/aromatic N) is 1. The molecule has 0 amide bonds. The SMILES string of the molecule is CCc1ccc(-c2[nH]cnc(=S)c2F)cc1. The van der Waals surface area contributed by atoms with Gasteiger partial charge in [-0.3, -0.25) is 0 Å². The first-order valence-corrected chi connectivity index (χ1v) is 5.45. The van der Waals surface area contributed by atoms with Gasteiger partial charge in [0.15, 0.2) is 10.5 Å². The van der Waals surface area contributed by atoms with E-state index >= 15 is 0 Å². The minimum atomic E-state index is -0.471. The molecule has 1 N–H and O–H groups in total. The van der Waals surface area contributed by atoms with E-state index in [1.54, 1.807) is 0 Å². The zero-order chi connectivity index (χ0) is 11.5. The predicted octanol–water partition coefficient (Wildman–Crippen LogP) is 3.51. The van der Waals surface area contributed by atoms with E-state index in [0.29, 0.717) is 5.69 Å². The number of halogens is 1. The van der Waals surface area contributed by atoms with Crippen LogP contribution in [0.3, 0.4) is 0 Å². The van der Waals surface area contributed by atoms with Gasteiger partial charge in [-0.2, -0.15) is 0 Å². The lowest BCUT2D eigenvalue weighted by atomic mass is 10.1. The third kappa shape index (κ3) is 2.02. The number of rotatable bonds is 2. The van der Waals surface area contributed by atoms with Gasteiger partial charge in [0, 0.05) is 5.56 Å². The maximum absolute atomic E-state index is 13.7. The Morgan fingerprint density at radius 2 is 2.00 bits per heavy atom. The Balaban J connectivity index is 2.50. The maximum atomic E-state index is 13.7. The molecule has 1 aromatic carbocycles. The van der Waals surface area contributed by atoms with E-state index in [9.17, 15) is 4.39 Å². The third-order valence-electron chi connectivity index (χ3n) is 2.45. The zero-order valence-electron chi connectivity index (χ0n) is 8.83. The van der Waals surface area contributed by atoms with Gasteiger partial charge in [0.2, 0.25) is 0 Å². The summed E-state index contributed by atoms with van der Waals surface area (Å²) in [5, 5.41) is 0. The van der Waals surface area contributed by atoms with E-state index in [-0.39, 0.29) is 4.64 Å². The monoisotopic (exact) mass is 234 g/mol. The van der Waals surface area contributed by atoms with Crippen LogP contribution in [0.1, 0.15) is 12.5 Å². The number of aryl methyl sites for hydroxylation is 1. The maximum Gasteiger partial charge on any atom is 0.183 e. The second-order valence-corrected chi connectivity index (χ2v) is 3.83. The molecular formula is C12H11FN2S. The van der Waals surface area contributed by atoms with Crippen LogP contribution in [-0.4, -0.2) is 9.97 Å². The van der Waals surface area contributed by atoms with Crippen LogP contribution in [0.15, 0.2) is 30.6 Å². The van der Waals surface area contributed by atoms with Gasteiger partial charge >= 0.3 is 0 Å². The molecule has 2 aromatic rings. The van der Waals surface area contributed by atoms with Gasteiger partial charge in [-0.1, -0.05) is 43.4 Å². The van der Waals surface area contributed by atoms with E-state index in [2.05, 4.69) is 16.9 Å². The lowest BCUT2D eigenvalue weighted by molar-refractivity contribution is 0.613. The Morgan fingerprint density at radius 1 is 1.31 bits per heavy atom. The molecule has 0 bridgehead atoms. The van der Waals surface area contributed by atoms with Crippen LogP contribution in [-0.2, 0) is 6.42 Å². The molecule has 0 saturated heterocycles. The van der Waals surface area contributed by atoms with Crippen molar-refractivity contribution in [1.29, 1.82) is 0 Å². The summed E-state index contributed by atoms with van der Waals surface area (Å²) >= 11 is 4.78. The van der Waals surface area contributed by atoms with Gasteiger partial charge in [0.1, 0.15) is 0 Å². The molecule has 0 fully saturated rings. The second kappa shape index (κ2) is 4.53. The van der Waals surface area contributed by atoms with Crippen LogP contribution in [0.5, 0.6) is 0 Å². The second-order valence-electron chi connectivity index (χ2n) is 3.45. The first-order chi connectivity index (χ1) is 7.72. The molecule has 0 aliphatic heterocycles. The molecule has 1 aromatic heterocycles. The quantitative estimate of drug-likeness (QED) is 0.805. The van der Waals surface area contributed by atoms with E-state index in [4.69, 9.17) is 12.2 Å². The summed E-state index contributed by atoms with van der Waals surface area (Å²) in [6.45, 7) is 2.08. The van der Waals surface area contributed by atoms with Crippen LogP contribution in [0.2, 0.25) is 0 Å². The number of benzene rings is 1. The van der Waals surface area contributed by atoms with E-state index in [0.717, 1.165) is 12.0 Å². The van der Waals surface area contributed by atoms with Crippen molar-refractivity contribution in [3.8, 4) is 11.3 Å². The number of H-pyrrole nitrogens is 1. The zero-order valence-corrected chi connectivity index (χ0v) is 9.64. The molecule has 0 aliphatic carbocycles. The normalized spacial score (nSPS) is 10.4. The molecule has 0 aliphatic rings. The largest absolute Gasteiger partial charge is 0.343 e. The van der Waals surface area contributed by atoms with Crippen molar-refractivity contribution < 1.29 is 4.39 Å². The van der Waals surface area contributed by atoms with Crippen LogP contribution < -0.4 is 0 Å². The number of aromatic nitrogens is 2. The number of hydrogen-bond donors (Lipinski definition) is 1. The van der Waals surface area contributed by atoms with E-state index < -0.39 is 5.82 Å². The summed E-state index contributed by atoms with van der Waals surface area (Å²) in [4.78, 5) is 6.46. The van der Waals surface area contributed by atoms with Crippen molar-refractivity contribution in [3.63, 3.8) is 0 Å². The summed E-state index contributed by atoms with van der Waals surface area (Å²) in [7, 11) is 0. The Hall–Kier alpha value is -1.55. The fraction of sp³-hybridized carbons (Fsp3) is 0.167. The summed E-state index contributed by atoms with van der Waals surface area (Å²) in [5.74, 6) is -0.471. The average Bonchev–Trinajstić information content (AvgIpc) is 2.33. The van der Waals surface area contributed by atoms with Crippen LogP contribution in [0.25, 0.3) is 11.3 Å². The predicted molar refractivity (Wildman–Crippen MR) is 64.2 cm³/mol. The van der Waals surface area contributed by atoms with Crippen molar-refractivity contribution in [3.05, 3.63) is 46.6 Å².